The molecule has 0 radical (unpaired) electrons. The molecule has 196 valence electrons. The summed E-state index contributed by atoms with van der Waals surface area (Å²) >= 11 is 1.77. The largest absolute Gasteiger partial charge is 0.395 e. The van der Waals surface area contributed by atoms with Gasteiger partial charge in [0.2, 0.25) is 5.95 Å². The lowest BCUT2D eigenvalue weighted by Crippen LogP contribution is -2.45. The van der Waals surface area contributed by atoms with Crippen LogP contribution in [0.4, 0.5) is 5.95 Å². The number of rotatable bonds is 4. The molecule has 1 N–H and O–H groups in total. The summed E-state index contributed by atoms with van der Waals surface area (Å²) < 4.78 is 7.74. The van der Waals surface area contributed by atoms with Crippen LogP contribution >= 0.6 is 11.8 Å². The van der Waals surface area contributed by atoms with Crippen LogP contribution < -0.4 is 4.90 Å². The Morgan fingerprint density at radius 1 is 0.946 bits per heavy atom. The Morgan fingerprint density at radius 3 is 2.19 bits per heavy atom. The summed E-state index contributed by atoms with van der Waals surface area (Å²) in [5, 5.41) is 9.71. The number of piperidine rings is 1. The van der Waals surface area contributed by atoms with Crippen LogP contribution in [0.3, 0.4) is 0 Å². The molecule has 0 bridgehead atoms. The molecular weight excluding hydrogens is 482 g/mol. The molecule has 8 heteroatoms. The molecule has 0 spiro atoms. The van der Waals surface area contributed by atoms with Gasteiger partial charge in [-0.05, 0) is 36.8 Å². The lowest BCUT2D eigenvalue weighted by molar-refractivity contribution is 0.0830. The molecule has 0 atom stereocenters. The number of aromatic nitrogens is 4. The molecule has 1 fully saturated rings. The molecule has 0 unspecified atom stereocenters. The molecule has 2 aliphatic rings. The Hall–Kier alpha value is -2.94. The van der Waals surface area contributed by atoms with E-state index in [1.165, 1.54) is 0 Å². The summed E-state index contributed by atoms with van der Waals surface area (Å²) in [7, 11) is 0. The molecule has 0 amide bonds. The van der Waals surface area contributed by atoms with E-state index in [0.717, 1.165) is 73.0 Å². The second kappa shape index (κ2) is 13.0. The van der Waals surface area contributed by atoms with Crippen molar-refractivity contribution in [2.24, 2.45) is 0 Å². The van der Waals surface area contributed by atoms with E-state index in [4.69, 9.17) is 4.74 Å². The van der Waals surface area contributed by atoms with Crippen LogP contribution in [-0.4, -0.2) is 61.9 Å². The molecule has 1 saturated heterocycles. The monoisotopic (exact) mass is 519 g/mol. The smallest absolute Gasteiger partial charge is 0.225 e. The van der Waals surface area contributed by atoms with Crippen LogP contribution in [0, 0.1) is 0 Å². The van der Waals surface area contributed by atoms with Crippen molar-refractivity contribution in [2.75, 3.05) is 37.5 Å². The van der Waals surface area contributed by atoms with Crippen LogP contribution in [0.25, 0.3) is 22.2 Å². The van der Waals surface area contributed by atoms with E-state index in [1.54, 1.807) is 11.8 Å². The van der Waals surface area contributed by atoms with Gasteiger partial charge in [-0.15, -0.1) is 0 Å². The third-order valence-electron chi connectivity index (χ3n) is 6.83. The minimum Gasteiger partial charge on any atom is -0.395 e. The molecule has 4 heterocycles. The number of ether oxygens (including phenoxy) is 1. The zero-order valence-corrected chi connectivity index (χ0v) is 22.8. The van der Waals surface area contributed by atoms with Crippen molar-refractivity contribution in [2.45, 2.75) is 44.6 Å². The van der Waals surface area contributed by atoms with E-state index < -0.39 is 0 Å². The predicted molar refractivity (Wildman–Crippen MR) is 153 cm³/mol. The van der Waals surface area contributed by atoms with E-state index in [9.17, 15) is 5.11 Å². The lowest BCUT2D eigenvalue weighted by atomic mass is 9.97. The van der Waals surface area contributed by atoms with Crippen LogP contribution in [0.1, 0.15) is 32.5 Å². The zero-order valence-electron chi connectivity index (χ0n) is 22.0. The van der Waals surface area contributed by atoms with E-state index in [2.05, 4.69) is 48.9 Å². The summed E-state index contributed by atoms with van der Waals surface area (Å²) in [6.45, 7) is 8.11. The highest BCUT2D eigenvalue weighted by Gasteiger charge is 2.34. The Morgan fingerprint density at radius 2 is 1.59 bits per heavy atom. The van der Waals surface area contributed by atoms with Crippen LogP contribution in [0.5, 0.6) is 0 Å². The van der Waals surface area contributed by atoms with Gasteiger partial charge in [0.25, 0.3) is 0 Å². The van der Waals surface area contributed by atoms with Gasteiger partial charge in [-0.25, -0.2) is 15.0 Å². The fourth-order valence-electron chi connectivity index (χ4n) is 4.59. The van der Waals surface area contributed by atoms with Crippen molar-refractivity contribution in [3.8, 4) is 11.1 Å². The Bertz CT molecular complexity index is 1210. The number of hydrogen-bond donors (Lipinski definition) is 1. The number of hydrogen-bond acceptors (Lipinski definition) is 7. The summed E-state index contributed by atoms with van der Waals surface area (Å²) in [5.41, 5.74) is 4.24. The molecule has 0 aliphatic carbocycles. The number of anilines is 1. The van der Waals surface area contributed by atoms with Crippen molar-refractivity contribution >= 4 is 28.7 Å². The summed E-state index contributed by atoms with van der Waals surface area (Å²) in [6.07, 6.45) is 7.79. The lowest BCUT2D eigenvalue weighted by Gasteiger charge is -2.39. The highest BCUT2D eigenvalue weighted by Crippen LogP contribution is 2.35. The maximum Gasteiger partial charge on any atom is 0.225 e. The third-order valence-corrected chi connectivity index (χ3v) is 8.24. The first kappa shape index (κ1) is 27.1. The first-order valence-corrected chi connectivity index (χ1v) is 14.2. The standard InChI is InChI=1S/C21H25N5O2S.C6H6.C2H6/c1-29-21(14-27)4-6-25(7-5-21)20-22-11-16(12-23-20)15-2-3-17-18(10-15)26-8-9-28-13-19(26)24-17;1-2-4-6-5-3-1;1-2/h2-3,10-12,27H,4-9,13-14H2,1H3;1-6H;1-2H3. The fourth-order valence-corrected chi connectivity index (χ4v) is 5.31. The average molecular weight is 520 g/mol. The number of benzene rings is 2. The number of thioether (sulfide) groups is 1. The van der Waals surface area contributed by atoms with Gasteiger partial charge in [0.05, 0.1) is 24.2 Å². The van der Waals surface area contributed by atoms with E-state index in [-0.39, 0.29) is 11.4 Å². The molecule has 2 aromatic heterocycles. The topological polar surface area (TPSA) is 76.3 Å². The number of aliphatic hydroxyl groups excluding tert-OH is 1. The van der Waals surface area contributed by atoms with Gasteiger partial charge < -0.3 is 19.3 Å². The molecule has 0 saturated carbocycles. The van der Waals surface area contributed by atoms with Crippen molar-refractivity contribution in [1.82, 2.24) is 19.5 Å². The molecule has 2 aromatic carbocycles. The van der Waals surface area contributed by atoms with Crippen LogP contribution in [0.15, 0.2) is 67.0 Å². The predicted octanol–water partition coefficient (Wildman–Crippen LogP) is 5.43. The first-order valence-electron chi connectivity index (χ1n) is 13.0. The van der Waals surface area contributed by atoms with Gasteiger partial charge in [-0.2, -0.15) is 11.8 Å². The summed E-state index contributed by atoms with van der Waals surface area (Å²) in [4.78, 5) is 16.2. The van der Waals surface area contributed by atoms with Crippen molar-refractivity contribution < 1.29 is 9.84 Å². The summed E-state index contributed by atoms with van der Waals surface area (Å²) in [6, 6.07) is 18.3. The minimum absolute atomic E-state index is 0.0126. The highest BCUT2D eigenvalue weighted by atomic mass is 32.2. The highest BCUT2D eigenvalue weighted by molar-refractivity contribution is 8.00. The van der Waals surface area contributed by atoms with Crippen molar-refractivity contribution in [3.05, 3.63) is 72.8 Å². The Balaban J connectivity index is 0.000000348. The molecule has 4 aromatic rings. The Labute approximate surface area is 223 Å². The maximum absolute atomic E-state index is 9.71. The van der Waals surface area contributed by atoms with Crippen molar-refractivity contribution in [3.63, 3.8) is 0 Å². The van der Waals surface area contributed by atoms with E-state index >= 15 is 0 Å². The minimum atomic E-state index is -0.0126. The molecular formula is C29H37N5O2S. The number of imidazole rings is 1. The average Bonchev–Trinajstić information content (AvgIpc) is 3.37. The van der Waals surface area contributed by atoms with Crippen LogP contribution in [0.2, 0.25) is 0 Å². The van der Waals surface area contributed by atoms with E-state index in [1.807, 2.05) is 62.6 Å². The quantitative estimate of drug-likeness (QED) is 0.385. The first-order chi connectivity index (χ1) is 18.2. The van der Waals surface area contributed by atoms with E-state index in [0.29, 0.717) is 6.61 Å². The van der Waals surface area contributed by atoms with Gasteiger partial charge in [-0.3, -0.25) is 0 Å². The van der Waals surface area contributed by atoms with Gasteiger partial charge in [0, 0.05) is 42.3 Å². The fraction of sp³-hybridized carbons (Fsp3) is 0.414. The number of nitrogens with zero attached hydrogens (tertiary/aromatic N) is 5. The summed E-state index contributed by atoms with van der Waals surface area (Å²) in [5.74, 6) is 1.76. The zero-order chi connectivity index (χ0) is 26.1. The van der Waals surface area contributed by atoms with Gasteiger partial charge in [0.15, 0.2) is 0 Å². The maximum atomic E-state index is 9.71. The molecule has 37 heavy (non-hydrogen) atoms. The van der Waals surface area contributed by atoms with Gasteiger partial charge in [-0.1, -0.05) is 56.3 Å². The number of fused-ring (bicyclic) bond motifs is 3. The second-order valence-corrected chi connectivity index (χ2v) is 10.2. The van der Waals surface area contributed by atoms with Gasteiger partial charge in [0.1, 0.15) is 12.4 Å². The van der Waals surface area contributed by atoms with Gasteiger partial charge >= 0.3 is 0 Å². The SMILES string of the molecule is CC.CSC1(CO)CCN(c2ncc(-c3ccc4nc5n(c4c3)CCOC5)cn2)CC1.c1ccccc1. The number of aliphatic hydroxyl groups is 1. The van der Waals surface area contributed by atoms with Crippen LogP contribution in [-0.2, 0) is 17.9 Å². The molecule has 6 rings (SSSR count). The molecule has 7 nitrogen and oxygen atoms in total. The van der Waals surface area contributed by atoms with Crippen molar-refractivity contribution in [1.29, 1.82) is 0 Å². The Kier molecular flexibility index (Phi) is 9.55. The third kappa shape index (κ3) is 6.32. The second-order valence-electron chi connectivity index (χ2n) is 8.89. The normalized spacial score (nSPS) is 16.2. The molecule has 2 aliphatic heterocycles.